The second-order valence-corrected chi connectivity index (χ2v) is 2.07. The molecule has 0 aromatic heterocycles. The van der Waals surface area contributed by atoms with Crippen LogP contribution in [0.1, 0.15) is 5.56 Å². The van der Waals surface area contributed by atoms with Crippen molar-refractivity contribution in [3.8, 4) is 0 Å². The van der Waals surface area contributed by atoms with Crippen LogP contribution in [0.15, 0.2) is 24.3 Å². The van der Waals surface area contributed by atoms with Gasteiger partial charge in [-0.15, -0.1) is 12.1 Å². The van der Waals surface area contributed by atoms with Gasteiger partial charge >= 0.3 is 19.5 Å². The molecule has 0 radical (unpaired) electrons. The fraction of sp³-hybridized carbons (Fsp3) is 0. The maximum Gasteiger partial charge on any atom is 2.00 e. The molecule has 0 fully saturated rings. The van der Waals surface area contributed by atoms with E-state index in [0.29, 0.717) is 0 Å². The van der Waals surface area contributed by atoms with Gasteiger partial charge in [-0.05, 0) is 5.02 Å². The number of benzene rings is 1. The molecule has 0 amide bonds. The third-order valence-corrected chi connectivity index (χ3v) is 1.12. The normalized spacial score (nSPS) is 7.30. The summed E-state index contributed by atoms with van der Waals surface area (Å²) in [6.45, 7) is 3.70. The molecular formula is C7H6ClIZn. The quantitative estimate of drug-likeness (QED) is 0.345. The fourth-order valence-corrected chi connectivity index (χ4v) is 0.750. The second kappa shape index (κ2) is 6.44. The fourth-order valence-electron chi connectivity index (χ4n) is 0.537. The van der Waals surface area contributed by atoms with E-state index in [4.69, 9.17) is 11.6 Å². The molecule has 1 aromatic carbocycles. The van der Waals surface area contributed by atoms with Gasteiger partial charge in [0.1, 0.15) is 0 Å². The number of hydrogen-bond acceptors (Lipinski definition) is 0. The van der Waals surface area contributed by atoms with Crippen LogP contribution in [0.25, 0.3) is 0 Å². The van der Waals surface area contributed by atoms with Crippen LogP contribution < -0.4 is 24.0 Å². The average molecular weight is 318 g/mol. The minimum Gasteiger partial charge on any atom is -1.00 e. The average Bonchev–Trinajstić information content (AvgIpc) is 1.64. The summed E-state index contributed by atoms with van der Waals surface area (Å²) in [6, 6.07) is 7.44. The molecule has 0 atom stereocenters. The first kappa shape index (κ1) is 13.3. The molecule has 0 heterocycles. The van der Waals surface area contributed by atoms with Gasteiger partial charge in [-0.1, -0.05) is 17.7 Å². The van der Waals surface area contributed by atoms with Gasteiger partial charge in [-0.2, -0.15) is 18.6 Å². The van der Waals surface area contributed by atoms with Crippen LogP contribution in [0.3, 0.4) is 0 Å². The summed E-state index contributed by atoms with van der Waals surface area (Å²) in [7, 11) is 0. The minimum absolute atomic E-state index is 0. The van der Waals surface area contributed by atoms with Crippen molar-refractivity contribution in [2.75, 3.05) is 0 Å². The second-order valence-electron chi connectivity index (χ2n) is 1.63. The first-order chi connectivity index (χ1) is 3.79. The largest absolute Gasteiger partial charge is 2.00 e. The number of rotatable bonds is 0. The third kappa shape index (κ3) is 4.53. The monoisotopic (exact) mass is 316 g/mol. The molecular weight excluding hydrogens is 312 g/mol. The van der Waals surface area contributed by atoms with Crippen LogP contribution >= 0.6 is 11.6 Å². The summed E-state index contributed by atoms with van der Waals surface area (Å²) in [4.78, 5) is 0. The maximum absolute atomic E-state index is 5.60. The number of halogens is 2. The van der Waals surface area contributed by atoms with Crippen molar-refractivity contribution in [3.05, 3.63) is 41.8 Å². The smallest absolute Gasteiger partial charge is 1.00 e. The SMILES string of the molecule is [CH2-]c1cccc(Cl)c1.[I-].[Zn+2]. The molecule has 50 valence electrons. The van der Waals surface area contributed by atoms with Crippen LogP contribution in [0, 0.1) is 6.92 Å². The van der Waals surface area contributed by atoms with Gasteiger partial charge in [-0.25, -0.2) is 0 Å². The summed E-state index contributed by atoms with van der Waals surface area (Å²) in [5, 5.41) is 0.748. The van der Waals surface area contributed by atoms with Crippen LogP contribution in [0.4, 0.5) is 0 Å². The molecule has 0 saturated carbocycles. The molecule has 0 aliphatic carbocycles. The zero-order chi connectivity index (χ0) is 5.98. The van der Waals surface area contributed by atoms with Crippen LogP contribution in [-0.2, 0) is 19.5 Å². The van der Waals surface area contributed by atoms with Crippen molar-refractivity contribution >= 4 is 11.6 Å². The van der Waals surface area contributed by atoms with E-state index in [1.807, 2.05) is 24.3 Å². The predicted octanol–water partition coefficient (Wildman–Crippen LogP) is -0.476. The molecule has 10 heavy (non-hydrogen) atoms. The van der Waals surface area contributed by atoms with Crippen LogP contribution in [-0.4, -0.2) is 0 Å². The standard InChI is InChI=1S/C7H6Cl.HI.Zn/c1-6-3-2-4-7(8)5-6;;/h2-5H,1H2;1H;/q-1;;+2/p-1. The van der Waals surface area contributed by atoms with Crippen LogP contribution in [0.5, 0.6) is 0 Å². The topological polar surface area (TPSA) is 0 Å². The molecule has 0 aliphatic heterocycles. The summed E-state index contributed by atoms with van der Waals surface area (Å²) in [6.07, 6.45) is 0. The van der Waals surface area contributed by atoms with E-state index in [-0.39, 0.29) is 43.5 Å². The Balaban J connectivity index is 0. The first-order valence-corrected chi connectivity index (χ1v) is 2.74. The zero-order valence-corrected chi connectivity index (χ0v) is 11.4. The molecule has 0 aliphatic rings. The van der Waals surface area contributed by atoms with Crippen molar-refractivity contribution < 1.29 is 43.5 Å². The Morgan fingerprint density at radius 1 is 1.30 bits per heavy atom. The van der Waals surface area contributed by atoms with Crippen molar-refractivity contribution in [2.45, 2.75) is 0 Å². The van der Waals surface area contributed by atoms with Gasteiger partial charge in [0.15, 0.2) is 0 Å². The summed E-state index contributed by atoms with van der Waals surface area (Å²) in [5.74, 6) is 0. The van der Waals surface area contributed by atoms with Crippen molar-refractivity contribution in [2.24, 2.45) is 0 Å². The van der Waals surface area contributed by atoms with Crippen molar-refractivity contribution in [1.29, 1.82) is 0 Å². The van der Waals surface area contributed by atoms with E-state index < -0.39 is 0 Å². The Morgan fingerprint density at radius 2 is 1.90 bits per heavy atom. The van der Waals surface area contributed by atoms with Gasteiger partial charge in [0.05, 0.1) is 0 Å². The van der Waals surface area contributed by atoms with E-state index in [0.717, 1.165) is 10.6 Å². The van der Waals surface area contributed by atoms with Crippen molar-refractivity contribution in [3.63, 3.8) is 0 Å². The van der Waals surface area contributed by atoms with E-state index in [9.17, 15) is 0 Å². The van der Waals surface area contributed by atoms with Gasteiger partial charge in [0.25, 0.3) is 0 Å². The van der Waals surface area contributed by atoms with Gasteiger partial charge in [0.2, 0.25) is 0 Å². The van der Waals surface area contributed by atoms with E-state index in [1.165, 1.54) is 0 Å². The van der Waals surface area contributed by atoms with Gasteiger partial charge in [0, 0.05) is 0 Å². The number of hydrogen-bond donors (Lipinski definition) is 0. The Morgan fingerprint density at radius 3 is 2.20 bits per heavy atom. The summed E-state index contributed by atoms with van der Waals surface area (Å²) >= 11 is 5.60. The van der Waals surface area contributed by atoms with Crippen molar-refractivity contribution in [1.82, 2.24) is 0 Å². The molecule has 0 nitrogen and oxygen atoms in total. The molecule has 3 heteroatoms. The molecule has 0 bridgehead atoms. The molecule has 0 saturated heterocycles. The Bertz CT molecular complexity index is 173. The zero-order valence-electron chi connectivity index (χ0n) is 5.48. The summed E-state index contributed by atoms with van der Waals surface area (Å²) in [5.41, 5.74) is 0.956. The third-order valence-electron chi connectivity index (χ3n) is 0.889. The predicted molar refractivity (Wildman–Crippen MR) is 35.9 cm³/mol. The summed E-state index contributed by atoms with van der Waals surface area (Å²) < 4.78 is 0. The molecule has 0 spiro atoms. The van der Waals surface area contributed by atoms with E-state index in [1.54, 1.807) is 0 Å². The Hall–Kier alpha value is 0.733. The maximum atomic E-state index is 5.60. The van der Waals surface area contributed by atoms with E-state index >= 15 is 0 Å². The first-order valence-electron chi connectivity index (χ1n) is 2.36. The molecule has 1 aromatic rings. The van der Waals surface area contributed by atoms with E-state index in [2.05, 4.69) is 6.92 Å². The van der Waals surface area contributed by atoms with Gasteiger partial charge in [-0.3, -0.25) is 0 Å². The molecule has 0 N–H and O–H groups in total. The Kier molecular flexibility index (Phi) is 8.59. The molecule has 1 rings (SSSR count). The van der Waals surface area contributed by atoms with Crippen LogP contribution in [0.2, 0.25) is 5.02 Å². The molecule has 0 unspecified atom stereocenters. The minimum atomic E-state index is 0. The van der Waals surface area contributed by atoms with Gasteiger partial charge < -0.3 is 24.0 Å². The Labute approximate surface area is 96.1 Å².